The maximum Gasteiger partial charge on any atom is 0.246 e. The smallest absolute Gasteiger partial charge is 0.246 e. The van der Waals surface area contributed by atoms with E-state index < -0.39 is 0 Å². The fourth-order valence-corrected chi connectivity index (χ4v) is 4.41. The van der Waals surface area contributed by atoms with E-state index in [9.17, 15) is 4.79 Å². The van der Waals surface area contributed by atoms with Gasteiger partial charge < -0.3 is 15.2 Å². The number of aromatic nitrogens is 3. The number of nitrogens with one attached hydrogen (secondary N) is 2. The van der Waals surface area contributed by atoms with Crippen molar-refractivity contribution in [1.29, 1.82) is 0 Å². The van der Waals surface area contributed by atoms with Crippen LogP contribution in [0, 0.1) is 11.8 Å². The van der Waals surface area contributed by atoms with Gasteiger partial charge in [-0.3, -0.25) is 9.78 Å². The van der Waals surface area contributed by atoms with Crippen LogP contribution in [0.1, 0.15) is 24.0 Å². The molecular formula is C22H20ClN5O. The quantitative estimate of drug-likeness (QED) is 0.596. The molecule has 2 aromatic heterocycles. The Kier molecular flexibility index (Phi) is 4.36. The summed E-state index contributed by atoms with van der Waals surface area (Å²) >= 11 is 6.29. The Hall–Kier alpha value is -3.12. The van der Waals surface area contributed by atoms with Gasteiger partial charge in [-0.25, -0.2) is 4.98 Å². The van der Waals surface area contributed by atoms with Gasteiger partial charge in [-0.2, -0.15) is 0 Å². The minimum absolute atomic E-state index is 0.0822. The highest BCUT2D eigenvalue weighted by Crippen LogP contribution is 2.35. The van der Waals surface area contributed by atoms with Crippen LogP contribution in [0.2, 0.25) is 0 Å². The van der Waals surface area contributed by atoms with Crippen LogP contribution >= 0.6 is 11.6 Å². The zero-order chi connectivity index (χ0) is 20.0. The Morgan fingerprint density at radius 1 is 1.34 bits per heavy atom. The number of pyridine rings is 1. The summed E-state index contributed by atoms with van der Waals surface area (Å²) in [7, 11) is 0. The minimum atomic E-state index is -0.164. The lowest BCUT2D eigenvalue weighted by molar-refractivity contribution is 0.101. The Labute approximate surface area is 173 Å². The molecule has 2 aliphatic heterocycles. The highest BCUT2D eigenvalue weighted by Gasteiger charge is 2.39. The highest BCUT2D eigenvalue weighted by molar-refractivity contribution is 6.29. The van der Waals surface area contributed by atoms with E-state index in [1.165, 1.54) is 0 Å². The first-order chi connectivity index (χ1) is 14.1. The molecule has 7 heteroatoms. The number of carbonyl (C=O) groups is 1. The van der Waals surface area contributed by atoms with Gasteiger partial charge in [0.1, 0.15) is 11.9 Å². The molecule has 0 radical (unpaired) electrons. The molecule has 29 heavy (non-hydrogen) atoms. The lowest BCUT2D eigenvalue weighted by atomic mass is 9.90. The number of hydrogen-bond donors (Lipinski definition) is 2. The number of halogens is 1. The molecule has 2 N–H and O–H groups in total. The second kappa shape index (κ2) is 7.04. The van der Waals surface area contributed by atoms with Crippen molar-refractivity contribution in [2.24, 2.45) is 11.8 Å². The fourth-order valence-electron chi connectivity index (χ4n) is 4.12. The second-order valence-electron chi connectivity index (χ2n) is 7.45. The van der Waals surface area contributed by atoms with Crippen LogP contribution in [0.5, 0.6) is 0 Å². The number of nitrogens with zero attached hydrogens (tertiary/aromatic N) is 3. The Morgan fingerprint density at radius 3 is 3.10 bits per heavy atom. The third-order valence-corrected chi connectivity index (χ3v) is 5.83. The first kappa shape index (κ1) is 17.9. The van der Waals surface area contributed by atoms with Crippen LogP contribution in [-0.2, 0) is 0 Å². The predicted molar refractivity (Wildman–Crippen MR) is 113 cm³/mol. The fraction of sp³-hybridized carbons (Fsp3) is 0.227. The average molecular weight is 406 g/mol. The molecule has 4 heterocycles. The number of H-pyrrole nitrogens is 1. The summed E-state index contributed by atoms with van der Waals surface area (Å²) in [4.78, 5) is 27.1. The number of imidazole rings is 1. The third-order valence-electron chi connectivity index (χ3n) is 5.55. The zero-order valence-corrected chi connectivity index (χ0v) is 16.6. The molecule has 0 saturated carbocycles. The van der Waals surface area contributed by atoms with E-state index in [0.717, 1.165) is 28.2 Å². The van der Waals surface area contributed by atoms with Gasteiger partial charge in [0.15, 0.2) is 5.82 Å². The first-order valence-electron chi connectivity index (χ1n) is 9.63. The maximum absolute atomic E-state index is 13.3. The second-order valence-corrected chi connectivity index (χ2v) is 7.93. The molecule has 3 unspecified atom stereocenters. The van der Waals surface area contributed by atoms with Crippen molar-refractivity contribution in [3.05, 3.63) is 83.4 Å². The monoisotopic (exact) mass is 405 g/mol. The molecule has 5 rings (SSSR count). The van der Waals surface area contributed by atoms with Crippen LogP contribution in [0.3, 0.4) is 0 Å². The SMILES string of the molecule is CC1C=C(Cl)CC=CC1C1NC(C(=O)c2nc3ccncc3[nH]2)=C2C=CC=CN21. The number of Topliss-reactive ketones (excluding diaryl/α,β-unsaturated/α-hetero) is 1. The minimum Gasteiger partial charge on any atom is -0.359 e. The van der Waals surface area contributed by atoms with Crippen molar-refractivity contribution >= 4 is 28.4 Å². The Balaban J connectivity index is 1.51. The van der Waals surface area contributed by atoms with Crippen LogP contribution in [0.4, 0.5) is 0 Å². The van der Waals surface area contributed by atoms with Crippen molar-refractivity contribution in [3.8, 4) is 0 Å². The van der Waals surface area contributed by atoms with Crippen LogP contribution in [0.25, 0.3) is 11.0 Å². The molecule has 0 aromatic carbocycles. The predicted octanol–water partition coefficient (Wildman–Crippen LogP) is 4.00. The van der Waals surface area contributed by atoms with E-state index in [1.807, 2.05) is 24.4 Å². The number of carbonyl (C=O) groups excluding carboxylic acids is 1. The number of fused-ring (bicyclic) bond motifs is 2. The summed E-state index contributed by atoms with van der Waals surface area (Å²) in [5.41, 5.74) is 2.86. The summed E-state index contributed by atoms with van der Waals surface area (Å²) in [5.74, 6) is 0.523. The molecule has 146 valence electrons. The van der Waals surface area contributed by atoms with Gasteiger partial charge in [0, 0.05) is 29.8 Å². The summed E-state index contributed by atoms with van der Waals surface area (Å²) in [6, 6.07) is 1.79. The molecule has 1 aliphatic carbocycles. The van der Waals surface area contributed by atoms with Gasteiger partial charge in [-0.15, -0.1) is 0 Å². The molecule has 0 saturated heterocycles. The summed E-state index contributed by atoms with van der Waals surface area (Å²) in [6.45, 7) is 2.15. The lowest BCUT2D eigenvalue weighted by Crippen LogP contribution is -2.43. The zero-order valence-electron chi connectivity index (χ0n) is 15.8. The number of allylic oxidation sites excluding steroid dienone is 7. The van der Waals surface area contributed by atoms with Gasteiger partial charge in [0.05, 0.1) is 22.9 Å². The Bertz CT molecular complexity index is 1110. The van der Waals surface area contributed by atoms with Crippen molar-refractivity contribution in [1.82, 2.24) is 25.2 Å². The first-order valence-corrected chi connectivity index (χ1v) is 10.0. The summed E-state index contributed by atoms with van der Waals surface area (Å²) < 4.78 is 0. The van der Waals surface area contributed by atoms with Crippen molar-refractivity contribution in [2.75, 3.05) is 0 Å². The topological polar surface area (TPSA) is 73.9 Å². The van der Waals surface area contributed by atoms with Crippen LogP contribution in [-0.4, -0.2) is 31.8 Å². The van der Waals surface area contributed by atoms with Crippen molar-refractivity contribution in [2.45, 2.75) is 19.5 Å². The lowest BCUT2D eigenvalue weighted by Gasteiger charge is -2.33. The standard InChI is InChI=1S/C22H20ClN5O/c1-13-11-14(23)5-4-6-15(13)22-27-19(18-7-2-3-10-28(18)22)20(29)21-25-16-8-9-24-12-17(16)26-21/h2-4,6-13,15,22,27H,5H2,1H3,(H,25,26). The van der Waals surface area contributed by atoms with E-state index in [-0.39, 0.29) is 23.8 Å². The Morgan fingerprint density at radius 2 is 2.24 bits per heavy atom. The molecule has 0 spiro atoms. The van der Waals surface area contributed by atoms with E-state index in [4.69, 9.17) is 11.6 Å². The maximum atomic E-state index is 13.3. The molecule has 3 aliphatic rings. The molecule has 2 aromatic rings. The third kappa shape index (κ3) is 3.09. The molecular weight excluding hydrogens is 386 g/mol. The van der Waals surface area contributed by atoms with Crippen LogP contribution in [0.15, 0.2) is 77.5 Å². The molecule has 0 amide bonds. The summed E-state index contributed by atoms with van der Waals surface area (Å²) in [5, 5.41) is 4.32. The number of hydrogen-bond acceptors (Lipinski definition) is 5. The molecule has 3 atom stereocenters. The van der Waals surface area contributed by atoms with Crippen LogP contribution < -0.4 is 5.32 Å². The van der Waals surface area contributed by atoms with E-state index in [2.05, 4.69) is 50.3 Å². The highest BCUT2D eigenvalue weighted by atomic mass is 35.5. The molecule has 0 fully saturated rings. The molecule has 6 nitrogen and oxygen atoms in total. The van der Waals surface area contributed by atoms with Crippen molar-refractivity contribution < 1.29 is 4.79 Å². The van der Waals surface area contributed by atoms with E-state index >= 15 is 0 Å². The van der Waals surface area contributed by atoms with Gasteiger partial charge >= 0.3 is 0 Å². The summed E-state index contributed by atoms with van der Waals surface area (Å²) in [6.07, 6.45) is 18.3. The largest absolute Gasteiger partial charge is 0.359 e. The van der Waals surface area contributed by atoms with Gasteiger partial charge in [-0.05, 0) is 24.1 Å². The normalized spacial score (nSPS) is 25.8. The molecule has 0 bridgehead atoms. The number of aromatic amines is 1. The number of ketones is 1. The van der Waals surface area contributed by atoms with Gasteiger partial charge in [0.2, 0.25) is 5.78 Å². The van der Waals surface area contributed by atoms with Crippen molar-refractivity contribution in [3.63, 3.8) is 0 Å². The number of rotatable bonds is 3. The average Bonchev–Trinajstić information content (AvgIpc) is 3.28. The van der Waals surface area contributed by atoms with E-state index in [1.54, 1.807) is 18.5 Å². The van der Waals surface area contributed by atoms with Gasteiger partial charge in [-0.1, -0.05) is 42.8 Å². The van der Waals surface area contributed by atoms with E-state index in [0.29, 0.717) is 11.5 Å². The van der Waals surface area contributed by atoms with Gasteiger partial charge in [0.25, 0.3) is 0 Å².